The lowest BCUT2D eigenvalue weighted by atomic mass is 9.89. The van der Waals surface area contributed by atoms with Crippen LogP contribution in [0, 0.1) is 0 Å². The van der Waals surface area contributed by atoms with Gasteiger partial charge in [-0.3, -0.25) is 0 Å². The predicted molar refractivity (Wildman–Crippen MR) is 146 cm³/mol. The first-order chi connectivity index (χ1) is 17.8. The number of hydrogen-bond donors (Lipinski definition) is 2. The maximum absolute atomic E-state index is 12.8. The second kappa shape index (κ2) is 10.7. The van der Waals surface area contributed by atoms with Gasteiger partial charge in [0.1, 0.15) is 11.4 Å². The van der Waals surface area contributed by atoms with Crippen LogP contribution in [-0.2, 0) is 6.18 Å². The van der Waals surface area contributed by atoms with E-state index in [4.69, 9.17) is 9.26 Å². The van der Waals surface area contributed by atoms with Gasteiger partial charge in [0.05, 0.1) is 18.4 Å². The molecule has 0 aliphatic carbocycles. The second-order valence-electron chi connectivity index (χ2n) is 10.4. The molecule has 4 rings (SSSR count). The van der Waals surface area contributed by atoms with Crippen LogP contribution in [0.3, 0.4) is 0 Å². The first kappa shape index (κ1) is 27.5. The first-order valence-electron chi connectivity index (χ1n) is 12.1. The van der Waals surface area contributed by atoms with Gasteiger partial charge in [-0.15, -0.1) is 11.3 Å². The summed E-state index contributed by atoms with van der Waals surface area (Å²) in [6.07, 6.45) is -2.71. The minimum atomic E-state index is -4.35. The Morgan fingerprint density at radius 2 is 1.42 bits per heavy atom. The molecule has 0 atom stereocenters. The minimum Gasteiger partial charge on any atom is -0.497 e. The molecule has 2 aromatic carbocycles. The van der Waals surface area contributed by atoms with Crippen LogP contribution in [-0.4, -0.2) is 28.3 Å². The Balaban J connectivity index is 1.33. The summed E-state index contributed by atoms with van der Waals surface area (Å²) in [6.45, 7) is 8.40. The van der Waals surface area contributed by atoms with E-state index in [1.165, 1.54) is 23.5 Å². The Labute approximate surface area is 224 Å². The van der Waals surface area contributed by atoms with Crippen LogP contribution in [0.15, 0.2) is 64.5 Å². The zero-order chi connectivity index (χ0) is 27.6. The smallest absolute Gasteiger partial charge is 0.416 e. The van der Waals surface area contributed by atoms with Crippen LogP contribution >= 0.6 is 11.3 Å². The van der Waals surface area contributed by atoms with Crippen molar-refractivity contribution in [3.8, 4) is 28.3 Å². The topological polar surface area (TPSA) is 72.2 Å². The molecule has 10 heteroatoms. The minimum absolute atomic E-state index is 0.274. The highest BCUT2D eigenvalue weighted by Gasteiger charge is 2.30. The molecule has 2 N–H and O–H groups in total. The quantitative estimate of drug-likeness (QED) is 0.209. The van der Waals surface area contributed by atoms with Gasteiger partial charge in [-0.25, -0.2) is 4.98 Å². The van der Waals surface area contributed by atoms with Crippen molar-refractivity contribution < 1.29 is 22.4 Å². The lowest BCUT2D eigenvalue weighted by Crippen LogP contribution is -2.37. The van der Waals surface area contributed by atoms with E-state index < -0.39 is 11.7 Å². The fraction of sp³-hybridized carbons (Fsp3) is 0.357. The molecular weight excluding hydrogens is 513 g/mol. The van der Waals surface area contributed by atoms with E-state index in [2.05, 4.69) is 48.5 Å². The number of hydrogen-bond acceptors (Lipinski definition) is 7. The predicted octanol–water partition coefficient (Wildman–Crippen LogP) is 8.35. The Bertz CT molecular complexity index is 1340. The molecule has 0 saturated carbocycles. The number of anilines is 2. The van der Waals surface area contributed by atoms with E-state index in [9.17, 15) is 13.2 Å². The van der Waals surface area contributed by atoms with E-state index in [1.807, 2.05) is 35.7 Å². The van der Waals surface area contributed by atoms with Crippen molar-refractivity contribution in [3.05, 3.63) is 65.5 Å². The molecule has 0 fully saturated rings. The summed E-state index contributed by atoms with van der Waals surface area (Å²) in [6, 6.07) is 14.6. The van der Waals surface area contributed by atoms with E-state index in [-0.39, 0.29) is 11.1 Å². The number of benzene rings is 2. The van der Waals surface area contributed by atoms with Gasteiger partial charge in [0.15, 0.2) is 5.13 Å². The summed E-state index contributed by atoms with van der Waals surface area (Å²) in [5, 5.41) is 13.6. The number of nitrogens with one attached hydrogen (secondary N) is 2. The van der Waals surface area contributed by atoms with Crippen molar-refractivity contribution in [1.29, 1.82) is 0 Å². The molecule has 2 aromatic heterocycles. The van der Waals surface area contributed by atoms with E-state index in [1.54, 1.807) is 7.11 Å². The first-order valence-corrected chi connectivity index (χ1v) is 13.0. The van der Waals surface area contributed by atoms with E-state index in [0.29, 0.717) is 17.1 Å². The van der Waals surface area contributed by atoms with Crippen molar-refractivity contribution in [2.24, 2.45) is 0 Å². The number of ether oxygens (including phenoxy) is 1. The van der Waals surface area contributed by atoms with Crippen molar-refractivity contribution in [2.45, 2.75) is 57.8 Å². The molecule has 0 aliphatic heterocycles. The molecule has 4 aromatic rings. The Kier molecular flexibility index (Phi) is 7.73. The lowest BCUT2D eigenvalue weighted by molar-refractivity contribution is -0.137. The van der Waals surface area contributed by atoms with Gasteiger partial charge >= 0.3 is 6.18 Å². The number of rotatable bonds is 10. The number of nitrogens with zero attached hydrogens (tertiary/aromatic N) is 2. The SMILES string of the molecule is COc1ccc(-c2cc(NC(C)(C)CCC(C)(C)Nc3nc(-c4ccc(C(F)(F)F)cc4)cs3)on2)cc1. The standard InChI is InChI=1S/C28H31F3N4O2S/c1-26(2,33-24-16-22(35-37-24)18-8-12-21(36-5)13-9-18)14-15-27(3,4)34-25-32-23(17-38-25)19-6-10-20(11-7-19)28(29,30)31/h6-13,16-17,33H,14-15H2,1-5H3,(H,32,34). The van der Waals surface area contributed by atoms with Crippen molar-refractivity contribution in [2.75, 3.05) is 17.7 Å². The molecule has 0 saturated heterocycles. The molecule has 0 bridgehead atoms. The molecule has 0 radical (unpaired) electrons. The van der Waals surface area contributed by atoms with Gasteiger partial charge in [0.25, 0.3) is 0 Å². The normalized spacial score (nSPS) is 12.4. The maximum Gasteiger partial charge on any atom is 0.416 e. The number of thiazole rings is 1. The van der Waals surface area contributed by atoms with Gasteiger partial charge in [0.2, 0.25) is 5.88 Å². The zero-order valence-corrected chi connectivity index (χ0v) is 22.8. The maximum atomic E-state index is 12.8. The van der Waals surface area contributed by atoms with Crippen LogP contribution in [0.4, 0.5) is 24.2 Å². The summed E-state index contributed by atoms with van der Waals surface area (Å²) < 4.78 is 49.3. The monoisotopic (exact) mass is 544 g/mol. The largest absolute Gasteiger partial charge is 0.497 e. The van der Waals surface area contributed by atoms with Crippen molar-refractivity contribution in [3.63, 3.8) is 0 Å². The summed E-state index contributed by atoms with van der Waals surface area (Å²) in [7, 11) is 1.63. The molecule has 6 nitrogen and oxygen atoms in total. The van der Waals surface area contributed by atoms with Crippen LogP contribution < -0.4 is 15.4 Å². The lowest BCUT2D eigenvalue weighted by Gasteiger charge is -2.32. The third-order valence-electron chi connectivity index (χ3n) is 6.19. The summed E-state index contributed by atoms with van der Waals surface area (Å²) in [4.78, 5) is 4.59. The summed E-state index contributed by atoms with van der Waals surface area (Å²) >= 11 is 1.43. The highest BCUT2D eigenvalue weighted by atomic mass is 32.1. The molecule has 2 heterocycles. The van der Waals surface area contributed by atoms with Crippen LogP contribution in [0.25, 0.3) is 22.5 Å². The molecule has 0 unspecified atom stereocenters. The third-order valence-corrected chi connectivity index (χ3v) is 6.95. The highest BCUT2D eigenvalue weighted by Crippen LogP contribution is 2.33. The Morgan fingerprint density at radius 3 is 2.03 bits per heavy atom. The van der Waals surface area contributed by atoms with Gasteiger partial charge < -0.3 is 19.9 Å². The highest BCUT2D eigenvalue weighted by molar-refractivity contribution is 7.14. The van der Waals surface area contributed by atoms with Crippen LogP contribution in [0.2, 0.25) is 0 Å². The average molecular weight is 545 g/mol. The number of halogens is 3. The Morgan fingerprint density at radius 1 is 0.842 bits per heavy atom. The van der Waals surface area contributed by atoms with E-state index in [0.717, 1.165) is 47.1 Å². The van der Waals surface area contributed by atoms with E-state index >= 15 is 0 Å². The summed E-state index contributed by atoms with van der Waals surface area (Å²) in [5.41, 5.74) is 1.74. The van der Waals surface area contributed by atoms with Crippen LogP contribution in [0.1, 0.15) is 46.1 Å². The third kappa shape index (κ3) is 7.06. The Hall–Kier alpha value is -3.53. The van der Waals surface area contributed by atoms with Gasteiger partial charge in [-0.2, -0.15) is 13.2 Å². The molecule has 0 amide bonds. The number of methoxy groups -OCH3 is 1. The molecule has 38 heavy (non-hydrogen) atoms. The average Bonchev–Trinajstić information content (AvgIpc) is 3.52. The summed E-state index contributed by atoms with van der Waals surface area (Å²) in [5.74, 6) is 1.37. The van der Waals surface area contributed by atoms with Gasteiger partial charge in [-0.05, 0) is 76.9 Å². The van der Waals surface area contributed by atoms with Crippen molar-refractivity contribution in [1.82, 2.24) is 10.1 Å². The fourth-order valence-electron chi connectivity index (χ4n) is 3.90. The van der Waals surface area contributed by atoms with Crippen molar-refractivity contribution >= 4 is 22.4 Å². The van der Waals surface area contributed by atoms with Crippen LogP contribution in [0.5, 0.6) is 5.75 Å². The molecule has 202 valence electrons. The number of aromatic nitrogens is 2. The fourth-order valence-corrected chi connectivity index (χ4v) is 4.80. The number of alkyl halides is 3. The molecular formula is C28H31F3N4O2S. The van der Waals surface area contributed by atoms with Gasteiger partial charge in [0, 0.05) is 33.7 Å². The second-order valence-corrected chi connectivity index (χ2v) is 11.3. The molecule has 0 spiro atoms. The van der Waals surface area contributed by atoms with Gasteiger partial charge in [-0.1, -0.05) is 17.3 Å². The zero-order valence-electron chi connectivity index (χ0n) is 21.9. The molecule has 0 aliphatic rings.